The molecule has 4 heteroatoms. The van der Waals surface area contributed by atoms with E-state index in [1.54, 1.807) is 0 Å². The standard InChI is InChI=1S/C10H18F3N/c1-9(2)5-3-7(4-6-9)8(14)10(11,12)13/h7-8H,3-6,14H2,1-2H3. The molecule has 0 saturated heterocycles. The Labute approximate surface area is 82.9 Å². The molecule has 0 bridgehead atoms. The quantitative estimate of drug-likeness (QED) is 0.705. The molecular weight excluding hydrogens is 191 g/mol. The average Bonchev–Trinajstić information content (AvgIpc) is 2.01. The van der Waals surface area contributed by atoms with Crippen LogP contribution >= 0.6 is 0 Å². The van der Waals surface area contributed by atoms with E-state index in [-0.39, 0.29) is 11.3 Å². The van der Waals surface area contributed by atoms with E-state index in [1.807, 2.05) is 0 Å². The van der Waals surface area contributed by atoms with Gasteiger partial charge in [0.05, 0.1) is 0 Å². The maximum absolute atomic E-state index is 12.3. The van der Waals surface area contributed by atoms with Gasteiger partial charge >= 0.3 is 6.18 Å². The van der Waals surface area contributed by atoms with Crippen molar-refractivity contribution in [3.05, 3.63) is 0 Å². The highest BCUT2D eigenvalue weighted by Gasteiger charge is 2.43. The van der Waals surface area contributed by atoms with Gasteiger partial charge in [-0.05, 0) is 37.0 Å². The molecule has 0 aliphatic heterocycles. The first-order valence-electron chi connectivity index (χ1n) is 5.05. The molecule has 0 aromatic carbocycles. The summed E-state index contributed by atoms with van der Waals surface area (Å²) in [5, 5.41) is 0. The van der Waals surface area contributed by atoms with Crippen LogP contribution in [0.4, 0.5) is 13.2 Å². The Balaban J connectivity index is 2.50. The summed E-state index contributed by atoms with van der Waals surface area (Å²) >= 11 is 0. The molecule has 1 aliphatic rings. The van der Waals surface area contributed by atoms with E-state index in [9.17, 15) is 13.2 Å². The Morgan fingerprint density at radius 2 is 1.64 bits per heavy atom. The molecule has 84 valence electrons. The van der Waals surface area contributed by atoms with Crippen LogP contribution in [0.3, 0.4) is 0 Å². The molecular formula is C10H18F3N. The zero-order valence-electron chi connectivity index (χ0n) is 8.69. The highest BCUT2D eigenvalue weighted by molar-refractivity contribution is 4.86. The zero-order chi connectivity index (χ0) is 11.0. The predicted octanol–water partition coefficient (Wildman–Crippen LogP) is 3.09. The molecule has 1 atom stereocenters. The van der Waals surface area contributed by atoms with Gasteiger partial charge < -0.3 is 5.73 Å². The molecule has 0 radical (unpaired) electrons. The first-order valence-corrected chi connectivity index (χ1v) is 5.05. The Morgan fingerprint density at radius 1 is 1.21 bits per heavy atom. The van der Waals surface area contributed by atoms with Crippen LogP contribution in [-0.2, 0) is 0 Å². The van der Waals surface area contributed by atoms with Crippen LogP contribution in [-0.4, -0.2) is 12.2 Å². The summed E-state index contributed by atoms with van der Waals surface area (Å²) in [6.45, 7) is 4.20. The fraction of sp³-hybridized carbons (Fsp3) is 1.00. The van der Waals surface area contributed by atoms with E-state index < -0.39 is 12.2 Å². The van der Waals surface area contributed by atoms with Crippen LogP contribution in [0, 0.1) is 11.3 Å². The molecule has 0 amide bonds. The maximum Gasteiger partial charge on any atom is 0.403 e. The van der Waals surface area contributed by atoms with Crippen LogP contribution in [0.2, 0.25) is 0 Å². The minimum atomic E-state index is -4.23. The Kier molecular flexibility index (Phi) is 3.14. The molecule has 1 unspecified atom stereocenters. The lowest BCUT2D eigenvalue weighted by Gasteiger charge is -2.37. The van der Waals surface area contributed by atoms with Gasteiger partial charge in [0.1, 0.15) is 6.04 Å². The minimum Gasteiger partial charge on any atom is -0.320 e. The fourth-order valence-corrected chi connectivity index (χ4v) is 2.05. The molecule has 1 nitrogen and oxygen atoms in total. The number of hydrogen-bond donors (Lipinski definition) is 1. The normalized spacial score (nSPS) is 26.1. The summed E-state index contributed by atoms with van der Waals surface area (Å²) in [7, 11) is 0. The molecule has 1 aliphatic carbocycles. The van der Waals surface area contributed by atoms with E-state index in [0.717, 1.165) is 12.8 Å². The Bertz CT molecular complexity index is 188. The van der Waals surface area contributed by atoms with Crippen molar-refractivity contribution in [2.24, 2.45) is 17.1 Å². The molecule has 1 fully saturated rings. The molecule has 0 aromatic rings. The van der Waals surface area contributed by atoms with Gasteiger partial charge in [-0.3, -0.25) is 0 Å². The Morgan fingerprint density at radius 3 is 2.00 bits per heavy atom. The van der Waals surface area contributed by atoms with E-state index in [0.29, 0.717) is 12.8 Å². The van der Waals surface area contributed by atoms with Crippen LogP contribution in [0.15, 0.2) is 0 Å². The van der Waals surface area contributed by atoms with Crippen LogP contribution in [0.1, 0.15) is 39.5 Å². The average molecular weight is 209 g/mol. The van der Waals surface area contributed by atoms with E-state index >= 15 is 0 Å². The first-order chi connectivity index (χ1) is 6.22. The van der Waals surface area contributed by atoms with Gasteiger partial charge in [-0.1, -0.05) is 13.8 Å². The summed E-state index contributed by atoms with van der Waals surface area (Å²) in [6.07, 6.45) is -1.32. The van der Waals surface area contributed by atoms with E-state index in [4.69, 9.17) is 5.73 Å². The van der Waals surface area contributed by atoms with Crippen molar-refractivity contribution in [3.8, 4) is 0 Å². The van der Waals surface area contributed by atoms with E-state index in [2.05, 4.69) is 13.8 Å². The van der Waals surface area contributed by atoms with E-state index in [1.165, 1.54) is 0 Å². The summed E-state index contributed by atoms with van der Waals surface area (Å²) in [5.74, 6) is -0.372. The Hall–Kier alpha value is -0.250. The van der Waals surface area contributed by atoms with Crippen molar-refractivity contribution in [1.29, 1.82) is 0 Å². The highest BCUT2D eigenvalue weighted by atomic mass is 19.4. The second kappa shape index (κ2) is 3.72. The highest BCUT2D eigenvalue weighted by Crippen LogP contribution is 2.41. The van der Waals surface area contributed by atoms with Crippen molar-refractivity contribution in [3.63, 3.8) is 0 Å². The number of hydrogen-bond acceptors (Lipinski definition) is 1. The van der Waals surface area contributed by atoms with Gasteiger partial charge in [0.2, 0.25) is 0 Å². The van der Waals surface area contributed by atoms with Crippen LogP contribution < -0.4 is 5.73 Å². The summed E-state index contributed by atoms with van der Waals surface area (Å²) in [5.41, 5.74) is 5.39. The third-order valence-corrected chi connectivity index (χ3v) is 3.27. The second-order valence-corrected chi connectivity index (χ2v) is 5.07. The second-order valence-electron chi connectivity index (χ2n) is 5.07. The lowest BCUT2D eigenvalue weighted by atomic mass is 9.71. The van der Waals surface area contributed by atoms with Gasteiger partial charge in [0.25, 0.3) is 0 Å². The zero-order valence-corrected chi connectivity index (χ0v) is 8.69. The largest absolute Gasteiger partial charge is 0.403 e. The fourth-order valence-electron chi connectivity index (χ4n) is 2.05. The van der Waals surface area contributed by atoms with Crippen molar-refractivity contribution < 1.29 is 13.2 Å². The topological polar surface area (TPSA) is 26.0 Å². The lowest BCUT2D eigenvalue weighted by molar-refractivity contribution is -0.162. The van der Waals surface area contributed by atoms with Gasteiger partial charge in [-0.15, -0.1) is 0 Å². The number of halogens is 3. The van der Waals surface area contributed by atoms with Gasteiger partial charge in [0.15, 0.2) is 0 Å². The van der Waals surface area contributed by atoms with Gasteiger partial charge in [0, 0.05) is 0 Å². The first kappa shape index (κ1) is 11.8. The number of alkyl halides is 3. The van der Waals surface area contributed by atoms with Gasteiger partial charge in [-0.2, -0.15) is 13.2 Å². The number of nitrogens with two attached hydrogens (primary N) is 1. The van der Waals surface area contributed by atoms with Crippen molar-refractivity contribution in [2.75, 3.05) is 0 Å². The van der Waals surface area contributed by atoms with Crippen LogP contribution in [0.25, 0.3) is 0 Å². The smallest absolute Gasteiger partial charge is 0.320 e. The molecule has 1 rings (SSSR count). The lowest BCUT2D eigenvalue weighted by Crippen LogP contribution is -2.45. The van der Waals surface area contributed by atoms with Crippen molar-refractivity contribution in [1.82, 2.24) is 0 Å². The molecule has 1 saturated carbocycles. The van der Waals surface area contributed by atoms with Crippen molar-refractivity contribution in [2.45, 2.75) is 51.7 Å². The third-order valence-electron chi connectivity index (χ3n) is 3.27. The number of rotatable bonds is 1. The SMILES string of the molecule is CC1(C)CCC(C(N)C(F)(F)F)CC1. The monoisotopic (exact) mass is 209 g/mol. The molecule has 2 N–H and O–H groups in total. The van der Waals surface area contributed by atoms with Crippen LogP contribution in [0.5, 0.6) is 0 Å². The molecule has 0 aromatic heterocycles. The molecule has 0 heterocycles. The molecule has 0 spiro atoms. The van der Waals surface area contributed by atoms with Gasteiger partial charge in [-0.25, -0.2) is 0 Å². The maximum atomic E-state index is 12.3. The van der Waals surface area contributed by atoms with Crippen molar-refractivity contribution >= 4 is 0 Å². The predicted molar refractivity (Wildman–Crippen MR) is 49.8 cm³/mol. The summed E-state index contributed by atoms with van der Waals surface area (Å²) in [4.78, 5) is 0. The third kappa shape index (κ3) is 2.87. The summed E-state index contributed by atoms with van der Waals surface area (Å²) < 4.78 is 36.9. The molecule has 14 heavy (non-hydrogen) atoms. The minimum absolute atomic E-state index is 0.196. The summed E-state index contributed by atoms with van der Waals surface area (Å²) in [6, 6.07) is -1.63.